The Labute approximate surface area is 112 Å². The first kappa shape index (κ1) is 13.1. The summed E-state index contributed by atoms with van der Waals surface area (Å²) < 4.78 is 7.02. The molecule has 0 unspecified atom stereocenters. The molecule has 0 radical (unpaired) electrons. The van der Waals surface area contributed by atoms with Crippen LogP contribution in [0.2, 0.25) is 0 Å². The Morgan fingerprint density at radius 2 is 2.21 bits per heavy atom. The molecular formula is C15H16N2O2. The smallest absolute Gasteiger partial charge is 0.340 e. The summed E-state index contributed by atoms with van der Waals surface area (Å²) in [6, 6.07) is 9.32. The van der Waals surface area contributed by atoms with E-state index in [4.69, 9.17) is 4.74 Å². The van der Waals surface area contributed by atoms with Crippen molar-refractivity contribution in [1.29, 1.82) is 0 Å². The van der Waals surface area contributed by atoms with Crippen LogP contribution in [0.5, 0.6) is 0 Å². The Bertz CT molecular complexity index is 585. The first-order chi connectivity index (χ1) is 9.22. The molecule has 0 saturated carbocycles. The zero-order valence-electron chi connectivity index (χ0n) is 11.0. The van der Waals surface area contributed by atoms with Crippen LogP contribution in [0.15, 0.2) is 42.7 Å². The summed E-state index contributed by atoms with van der Waals surface area (Å²) in [5, 5.41) is 0. The summed E-state index contributed by atoms with van der Waals surface area (Å²) in [5.41, 5.74) is 2.00. The Hall–Kier alpha value is -2.36. The van der Waals surface area contributed by atoms with E-state index in [0.717, 1.165) is 5.69 Å². The molecular weight excluding hydrogens is 240 g/mol. The van der Waals surface area contributed by atoms with Gasteiger partial charge in [0.15, 0.2) is 0 Å². The van der Waals surface area contributed by atoms with Crippen molar-refractivity contribution in [3.63, 3.8) is 0 Å². The quantitative estimate of drug-likeness (QED) is 0.623. The third kappa shape index (κ3) is 3.10. The van der Waals surface area contributed by atoms with Crippen molar-refractivity contribution < 1.29 is 9.53 Å². The van der Waals surface area contributed by atoms with Gasteiger partial charge in [0.05, 0.1) is 17.9 Å². The second kappa shape index (κ2) is 6.00. The summed E-state index contributed by atoms with van der Waals surface area (Å²) in [6.07, 6.45) is 5.38. The summed E-state index contributed by atoms with van der Waals surface area (Å²) in [6.45, 7) is 2.13. The summed E-state index contributed by atoms with van der Waals surface area (Å²) in [4.78, 5) is 16.3. The van der Waals surface area contributed by atoms with E-state index < -0.39 is 0 Å². The van der Waals surface area contributed by atoms with Gasteiger partial charge in [0.25, 0.3) is 0 Å². The van der Waals surface area contributed by atoms with E-state index >= 15 is 0 Å². The lowest BCUT2D eigenvalue weighted by molar-refractivity contribution is -0.136. The van der Waals surface area contributed by atoms with E-state index in [9.17, 15) is 4.79 Å². The standard InChI is InChI=1S/C15H16N2O2/c1-3-19-15(18)13(14-8-4-5-9-16-14)11-12-7-6-10-17(12)2/h4-11H,3H2,1-2H3/b13-11+. The molecule has 0 fully saturated rings. The highest BCUT2D eigenvalue weighted by Crippen LogP contribution is 2.18. The molecule has 0 atom stereocenters. The molecule has 19 heavy (non-hydrogen) atoms. The largest absolute Gasteiger partial charge is 0.462 e. The van der Waals surface area contributed by atoms with Crippen LogP contribution in [0, 0.1) is 0 Å². The van der Waals surface area contributed by atoms with Crippen LogP contribution in [-0.2, 0) is 16.6 Å². The van der Waals surface area contributed by atoms with Crippen LogP contribution in [0.25, 0.3) is 11.6 Å². The lowest BCUT2D eigenvalue weighted by atomic mass is 10.1. The maximum Gasteiger partial charge on any atom is 0.340 e. The molecule has 98 valence electrons. The van der Waals surface area contributed by atoms with E-state index in [2.05, 4.69) is 4.98 Å². The fraction of sp³-hybridized carbons (Fsp3) is 0.200. The van der Waals surface area contributed by atoms with Gasteiger partial charge < -0.3 is 9.30 Å². The van der Waals surface area contributed by atoms with E-state index in [1.54, 1.807) is 25.3 Å². The highest BCUT2D eigenvalue weighted by molar-refractivity contribution is 6.20. The van der Waals surface area contributed by atoms with Gasteiger partial charge in [0.2, 0.25) is 0 Å². The molecule has 0 aliphatic rings. The third-order valence-corrected chi connectivity index (χ3v) is 2.71. The molecule has 4 nitrogen and oxygen atoms in total. The van der Waals surface area contributed by atoms with Gasteiger partial charge in [-0.25, -0.2) is 4.79 Å². The number of hydrogen-bond donors (Lipinski definition) is 0. The van der Waals surface area contributed by atoms with Crippen molar-refractivity contribution in [3.8, 4) is 0 Å². The molecule has 0 bridgehead atoms. The third-order valence-electron chi connectivity index (χ3n) is 2.71. The van der Waals surface area contributed by atoms with Gasteiger partial charge in [-0.2, -0.15) is 0 Å². The number of pyridine rings is 1. The second-order valence-corrected chi connectivity index (χ2v) is 4.04. The van der Waals surface area contributed by atoms with E-state index in [1.165, 1.54) is 0 Å². The van der Waals surface area contributed by atoms with Gasteiger partial charge in [-0.3, -0.25) is 4.98 Å². The first-order valence-corrected chi connectivity index (χ1v) is 6.14. The predicted molar refractivity (Wildman–Crippen MR) is 74.2 cm³/mol. The maximum absolute atomic E-state index is 12.0. The number of aryl methyl sites for hydroxylation is 1. The number of carbonyl (C=O) groups excluding carboxylic acids is 1. The zero-order chi connectivity index (χ0) is 13.7. The van der Waals surface area contributed by atoms with Crippen LogP contribution in [0.4, 0.5) is 0 Å². The number of aromatic nitrogens is 2. The van der Waals surface area contributed by atoms with E-state index in [1.807, 2.05) is 42.1 Å². The molecule has 2 aromatic heterocycles. The molecule has 2 heterocycles. The second-order valence-electron chi connectivity index (χ2n) is 4.04. The summed E-state index contributed by atoms with van der Waals surface area (Å²) in [7, 11) is 1.92. The van der Waals surface area contributed by atoms with Crippen molar-refractivity contribution in [2.75, 3.05) is 6.61 Å². The van der Waals surface area contributed by atoms with Crippen LogP contribution >= 0.6 is 0 Å². The van der Waals surface area contributed by atoms with E-state index in [-0.39, 0.29) is 5.97 Å². The van der Waals surface area contributed by atoms with Gasteiger partial charge in [-0.15, -0.1) is 0 Å². The molecule has 4 heteroatoms. The van der Waals surface area contributed by atoms with Gasteiger partial charge in [0.1, 0.15) is 0 Å². The van der Waals surface area contributed by atoms with Crippen LogP contribution < -0.4 is 0 Å². The highest BCUT2D eigenvalue weighted by atomic mass is 16.5. The lowest BCUT2D eigenvalue weighted by Gasteiger charge is -2.07. The minimum absolute atomic E-state index is 0.343. The Balaban J connectivity index is 2.43. The minimum Gasteiger partial charge on any atom is -0.462 e. The maximum atomic E-state index is 12.0. The van der Waals surface area contributed by atoms with E-state index in [0.29, 0.717) is 17.9 Å². The van der Waals surface area contributed by atoms with Crippen LogP contribution in [0.1, 0.15) is 18.3 Å². The average Bonchev–Trinajstić information content (AvgIpc) is 2.82. The van der Waals surface area contributed by atoms with Crippen molar-refractivity contribution in [1.82, 2.24) is 9.55 Å². The molecule has 0 saturated heterocycles. The van der Waals surface area contributed by atoms with Crippen LogP contribution in [0.3, 0.4) is 0 Å². The van der Waals surface area contributed by atoms with Crippen molar-refractivity contribution in [2.24, 2.45) is 7.05 Å². The van der Waals surface area contributed by atoms with Crippen molar-refractivity contribution in [2.45, 2.75) is 6.92 Å². The molecule has 0 spiro atoms. The zero-order valence-corrected chi connectivity index (χ0v) is 11.0. The number of carbonyl (C=O) groups is 1. The number of nitrogens with zero attached hydrogens (tertiary/aromatic N) is 2. The van der Waals surface area contributed by atoms with Crippen molar-refractivity contribution in [3.05, 3.63) is 54.1 Å². The molecule has 0 aromatic carbocycles. The number of esters is 1. The van der Waals surface area contributed by atoms with Crippen molar-refractivity contribution >= 4 is 17.6 Å². The average molecular weight is 256 g/mol. The molecule has 2 rings (SSSR count). The molecule has 0 aliphatic carbocycles. The lowest BCUT2D eigenvalue weighted by Crippen LogP contribution is -2.08. The molecule has 2 aromatic rings. The molecule has 0 amide bonds. The Morgan fingerprint density at radius 3 is 2.79 bits per heavy atom. The monoisotopic (exact) mass is 256 g/mol. The highest BCUT2D eigenvalue weighted by Gasteiger charge is 2.14. The Kier molecular flexibility index (Phi) is 4.13. The topological polar surface area (TPSA) is 44.1 Å². The normalized spacial score (nSPS) is 11.4. The summed E-state index contributed by atoms with van der Waals surface area (Å²) >= 11 is 0. The molecule has 0 aliphatic heterocycles. The van der Waals surface area contributed by atoms with Gasteiger partial charge >= 0.3 is 5.97 Å². The van der Waals surface area contributed by atoms with Gasteiger partial charge in [-0.05, 0) is 37.3 Å². The SMILES string of the molecule is CCOC(=O)/C(=C/c1cccn1C)c1ccccn1. The molecule has 0 N–H and O–H groups in total. The van der Waals surface area contributed by atoms with Gasteiger partial charge in [-0.1, -0.05) is 6.07 Å². The number of hydrogen-bond acceptors (Lipinski definition) is 3. The fourth-order valence-corrected chi connectivity index (χ4v) is 1.74. The predicted octanol–water partition coefficient (Wildman–Crippen LogP) is 2.52. The van der Waals surface area contributed by atoms with Gasteiger partial charge in [0, 0.05) is 25.1 Å². The number of ether oxygens (including phenoxy) is 1. The Morgan fingerprint density at radius 1 is 1.37 bits per heavy atom. The first-order valence-electron chi connectivity index (χ1n) is 6.14. The fourth-order valence-electron chi connectivity index (χ4n) is 1.74. The number of rotatable bonds is 4. The summed E-state index contributed by atoms with van der Waals surface area (Å²) in [5.74, 6) is -0.359. The van der Waals surface area contributed by atoms with Crippen LogP contribution in [-0.4, -0.2) is 22.1 Å². The minimum atomic E-state index is -0.359.